The normalized spacial score (nSPS) is 20.7. The zero-order valence-corrected chi connectivity index (χ0v) is 14.5. The highest BCUT2D eigenvalue weighted by Gasteiger charge is 2.33. The molecule has 0 radical (unpaired) electrons. The van der Waals surface area contributed by atoms with Gasteiger partial charge in [0.15, 0.2) is 6.54 Å². The van der Waals surface area contributed by atoms with Crippen molar-refractivity contribution in [3.8, 4) is 0 Å². The third-order valence-corrected chi connectivity index (χ3v) is 4.97. The first-order valence-electron chi connectivity index (χ1n) is 7.75. The fourth-order valence-electron chi connectivity index (χ4n) is 3.31. The number of quaternary nitrogens is 1. The first-order valence-corrected chi connectivity index (χ1v) is 8.51. The SMILES string of the molecule is Cn1cccc1[C@@H]1CCC[NH+]1CC(=O)Nc1ccc(Cl)cc1Cl. The van der Waals surface area contributed by atoms with Crippen LogP contribution in [0.15, 0.2) is 36.5 Å². The highest BCUT2D eigenvalue weighted by Crippen LogP contribution is 2.25. The van der Waals surface area contributed by atoms with Crippen LogP contribution in [0.25, 0.3) is 0 Å². The summed E-state index contributed by atoms with van der Waals surface area (Å²) in [4.78, 5) is 13.7. The third kappa shape index (κ3) is 3.71. The Balaban J connectivity index is 1.66. The standard InChI is InChI=1S/C17H19Cl2N3O/c1-21-8-2-4-15(21)16-5-3-9-22(16)11-17(23)20-14-7-6-12(18)10-13(14)19/h2,4,6-8,10,16H,3,5,9,11H2,1H3,(H,20,23)/p+1/t16-/m0/s1. The average Bonchev–Trinajstić information content (AvgIpc) is 3.10. The molecule has 0 spiro atoms. The van der Waals surface area contributed by atoms with Gasteiger partial charge in [0.05, 0.1) is 22.9 Å². The smallest absolute Gasteiger partial charge is 0.279 e. The van der Waals surface area contributed by atoms with Crippen LogP contribution in [0.3, 0.4) is 0 Å². The molecule has 4 nitrogen and oxygen atoms in total. The molecule has 1 aliphatic rings. The van der Waals surface area contributed by atoms with E-state index in [1.54, 1.807) is 18.2 Å². The van der Waals surface area contributed by atoms with Crippen molar-refractivity contribution in [2.45, 2.75) is 18.9 Å². The molecule has 2 aromatic rings. The van der Waals surface area contributed by atoms with Crippen LogP contribution in [0, 0.1) is 0 Å². The molecule has 1 unspecified atom stereocenters. The van der Waals surface area contributed by atoms with Crippen molar-refractivity contribution in [3.05, 3.63) is 52.3 Å². The number of hydrogen-bond donors (Lipinski definition) is 2. The zero-order chi connectivity index (χ0) is 16.4. The van der Waals surface area contributed by atoms with Crippen LogP contribution in [0.4, 0.5) is 5.69 Å². The van der Waals surface area contributed by atoms with Crippen LogP contribution in [-0.2, 0) is 11.8 Å². The summed E-state index contributed by atoms with van der Waals surface area (Å²) < 4.78 is 2.14. The summed E-state index contributed by atoms with van der Waals surface area (Å²) in [7, 11) is 2.05. The second kappa shape index (κ2) is 6.95. The Labute approximate surface area is 146 Å². The summed E-state index contributed by atoms with van der Waals surface area (Å²) in [5.41, 5.74) is 1.89. The van der Waals surface area contributed by atoms with E-state index in [4.69, 9.17) is 23.2 Å². The lowest BCUT2D eigenvalue weighted by atomic mass is 10.1. The molecule has 1 aliphatic heterocycles. The maximum absolute atomic E-state index is 12.4. The lowest BCUT2D eigenvalue weighted by molar-refractivity contribution is -0.910. The van der Waals surface area contributed by atoms with E-state index in [-0.39, 0.29) is 5.91 Å². The van der Waals surface area contributed by atoms with Gasteiger partial charge in [0.1, 0.15) is 6.04 Å². The van der Waals surface area contributed by atoms with Crippen molar-refractivity contribution in [1.29, 1.82) is 0 Å². The van der Waals surface area contributed by atoms with Crippen LogP contribution in [0.5, 0.6) is 0 Å². The minimum absolute atomic E-state index is 0.0228. The van der Waals surface area contributed by atoms with Gasteiger partial charge in [0.25, 0.3) is 5.91 Å². The lowest BCUT2D eigenvalue weighted by Gasteiger charge is -2.21. The molecule has 2 heterocycles. The molecule has 0 bridgehead atoms. The number of aryl methyl sites for hydroxylation is 1. The van der Waals surface area contributed by atoms with E-state index in [2.05, 4.69) is 35.3 Å². The second-order valence-corrected chi connectivity index (χ2v) is 6.84. The molecule has 3 rings (SSSR count). The molecule has 1 amide bonds. The van der Waals surface area contributed by atoms with Gasteiger partial charge >= 0.3 is 0 Å². The van der Waals surface area contributed by atoms with E-state index in [0.717, 1.165) is 19.4 Å². The van der Waals surface area contributed by atoms with E-state index in [1.165, 1.54) is 10.6 Å². The predicted molar refractivity (Wildman–Crippen MR) is 93.2 cm³/mol. The van der Waals surface area contributed by atoms with Gasteiger partial charge in [-0.1, -0.05) is 23.2 Å². The van der Waals surface area contributed by atoms with E-state index in [1.807, 2.05) is 0 Å². The fraction of sp³-hybridized carbons (Fsp3) is 0.353. The van der Waals surface area contributed by atoms with Crippen molar-refractivity contribution >= 4 is 34.8 Å². The maximum Gasteiger partial charge on any atom is 0.279 e. The first kappa shape index (κ1) is 16.4. The minimum Gasteiger partial charge on any atom is -0.350 e. The summed E-state index contributed by atoms with van der Waals surface area (Å²) in [6.07, 6.45) is 4.31. The van der Waals surface area contributed by atoms with Gasteiger partial charge in [-0.05, 0) is 30.3 Å². The highest BCUT2D eigenvalue weighted by atomic mass is 35.5. The number of amides is 1. The molecule has 0 saturated carbocycles. The third-order valence-electron chi connectivity index (χ3n) is 4.42. The number of nitrogens with one attached hydrogen (secondary N) is 2. The number of benzene rings is 1. The number of carbonyl (C=O) groups excluding carboxylic acids is 1. The van der Waals surface area contributed by atoms with Crippen LogP contribution in [0.2, 0.25) is 10.0 Å². The number of aromatic nitrogens is 1. The van der Waals surface area contributed by atoms with Gasteiger partial charge in [0.2, 0.25) is 0 Å². The Morgan fingerprint density at radius 3 is 2.91 bits per heavy atom. The monoisotopic (exact) mass is 352 g/mol. The number of hydrogen-bond acceptors (Lipinski definition) is 1. The van der Waals surface area contributed by atoms with Gasteiger partial charge in [-0.3, -0.25) is 4.79 Å². The van der Waals surface area contributed by atoms with E-state index in [0.29, 0.717) is 28.3 Å². The van der Waals surface area contributed by atoms with E-state index >= 15 is 0 Å². The largest absolute Gasteiger partial charge is 0.350 e. The Hall–Kier alpha value is -1.49. The number of likely N-dealkylation sites (tertiary alicyclic amines) is 1. The number of nitrogens with zero attached hydrogens (tertiary/aromatic N) is 1. The van der Waals surface area contributed by atoms with Gasteiger partial charge < -0.3 is 14.8 Å². The molecule has 122 valence electrons. The summed E-state index contributed by atoms with van der Waals surface area (Å²) in [5.74, 6) is -0.0228. The van der Waals surface area contributed by atoms with Gasteiger partial charge in [-0.15, -0.1) is 0 Å². The highest BCUT2D eigenvalue weighted by molar-refractivity contribution is 6.36. The van der Waals surface area contributed by atoms with E-state index < -0.39 is 0 Å². The lowest BCUT2D eigenvalue weighted by Crippen LogP contribution is -3.11. The van der Waals surface area contributed by atoms with Crippen LogP contribution in [0.1, 0.15) is 24.6 Å². The van der Waals surface area contributed by atoms with Crippen molar-refractivity contribution < 1.29 is 9.69 Å². The number of halogens is 2. The molecular formula is C17H20Cl2N3O+. The summed E-state index contributed by atoms with van der Waals surface area (Å²) in [5, 5.41) is 3.90. The van der Waals surface area contributed by atoms with Crippen molar-refractivity contribution in [3.63, 3.8) is 0 Å². The molecule has 1 fully saturated rings. The average molecular weight is 353 g/mol. The molecule has 23 heavy (non-hydrogen) atoms. The number of carbonyl (C=O) groups is 1. The van der Waals surface area contributed by atoms with Crippen LogP contribution < -0.4 is 10.2 Å². The topological polar surface area (TPSA) is 38.5 Å². The number of rotatable bonds is 4. The number of anilines is 1. The Kier molecular flexibility index (Phi) is 4.95. The first-order chi connectivity index (χ1) is 11.0. The molecule has 1 aromatic heterocycles. The van der Waals surface area contributed by atoms with Crippen molar-refractivity contribution in [2.24, 2.45) is 7.05 Å². The molecule has 2 atom stereocenters. The molecule has 6 heteroatoms. The maximum atomic E-state index is 12.4. The minimum atomic E-state index is -0.0228. The molecule has 1 aromatic carbocycles. The van der Waals surface area contributed by atoms with Crippen molar-refractivity contribution in [1.82, 2.24) is 4.57 Å². The predicted octanol–water partition coefficient (Wildman–Crippen LogP) is 2.69. The summed E-state index contributed by atoms with van der Waals surface area (Å²) in [6.45, 7) is 1.45. The molecule has 2 N–H and O–H groups in total. The zero-order valence-electron chi connectivity index (χ0n) is 13.0. The second-order valence-electron chi connectivity index (χ2n) is 6.00. The quantitative estimate of drug-likeness (QED) is 0.872. The van der Waals surface area contributed by atoms with Crippen molar-refractivity contribution in [2.75, 3.05) is 18.4 Å². The molecule has 1 saturated heterocycles. The van der Waals surface area contributed by atoms with Gasteiger partial charge in [-0.2, -0.15) is 0 Å². The Bertz CT molecular complexity index is 714. The fourth-order valence-corrected chi connectivity index (χ4v) is 3.76. The Morgan fingerprint density at radius 1 is 1.39 bits per heavy atom. The van der Waals surface area contributed by atoms with Gasteiger partial charge in [-0.25, -0.2) is 0 Å². The summed E-state index contributed by atoms with van der Waals surface area (Å²) >= 11 is 12.0. The molecular weight excluding hydrogens is 333 g/mol. The Morgan fingerprint density at radius 2 is 2.22 bits per heavy atom. The van der Waals surface area contributed by atoms with Crippen LogP contribution >= 0.6 is 23.2 Å². The van der Waals surface area contributed by atoms with Gasteiger partial charge in [0, 0.05) is 31.1 Å². The molecule has 0 aliphatic carbocycles. The van der Waals surface area contributed by atoms with Crippen LogP contribution in [-0.4, -0.2) is 23.6 Å². The van der Waals surface area contributed by atoms with E-state index in [9.17, 15) is 4.79 Å². The summed E-state index contributed by atoms with van der Waals surface area (Å²) in [6, 6.07) is 9.66.